The molecule has 0 aromatic heterocycles. The van der Waals surface area contributed by atoms with Gasteiger partial charge in [-0.25, -0.2) is 0 Å². The van der Waals surface area contributed by atoms with Crippen molar-refractivity contribution in [3.8, 4) is 0 Å². The summed E-state index contributed by atoms with van der Waals surface area (Å²) in [6.45, 7) is 11.2. The summed E-state index contributed by atoms with van der Waals surface area (Å²) in [6.07, 6.45) is 0. The molecule has 0 aliphatic carbocycles. The normalized spacial score (nSPS) is 14.3. The maximum absolute atomic E-state index is 4.20. The first-order chi connectivity index (χ1) is 6.82. The van der Waals surface area contributed by atoms with Crippen LogP contribution in [0.3, 0.4) is 0 Å². The van der Waals surface area contributed by atoms with Crippen molar-refractivity contribution in [3.05, 3.63) is 35.4 Å². The van der Waals surface area contributed by atoms with Gasteiger partial charge in [-0.15, -0.1) is 0 Å². The van der Waals surface area contributed by atoms with Crippen LogP contribution in [0, 0.1) is 5.92 Å². The van der Waals surface area contributed by atoms with Gasteiger partial charge in [-0.3, -0.25) is 0 Å². The summed E-state index contributed by atoms with van der Waals surface area (Å²) < 4.78 is 0. The summed E-state index contributed by atoms with van der Waals surface area (Å²) in [5.74, 6) is 0.602. The highest BCUT2D eigenvalue weighted by molar-refractivity contribution is 5.28. The lowest BCUT2D eigenvalue weighted by atomic mass is 9.85. The predicted molar refractivity (Wildman–Crippen MR) is 65.6 cm³/mol. The maximum Gasteiger partial charge on any atom is 0.112 e. The summed E-state index contributed by atoms with van der Waals surface area (Å²) in [4.78, 5) is 0. The van der Waals surface area contributed by atoms with Gasteiger partial charge in [-0.2, -0.15) is 0 Å². The minimum atomic E-state index is 0.243. The van der Waals surface area contributed by atoms with Crippen LogP contribution in [-0.4, -0.2) is 0 Å². The van der Waals surface area contributed by atoms with Gasteiger partial charge in [0.2, 0.25) is 0 Å². The van der Waals surface area contributed by atoms with Crippen LogP contribution >= 0.6 is 0 Å². The molecule has 0 bridgehead atoms. The van der Waals surface area contributed by atoms with E-state index in [1.165, 1.54) is 11.1 Å². The monoisotopic (exact) mass is 206 g/mol. The van der Waals surface area contributed by atoms with Crippen molar-refractivity contribution in [1.29, 1.82) is 0 Å². The third-order valence-corrected chi connectivity index (χ3v) is 3.01. The molecular formula is C14H24N+. The number of hydrogen-bond donors (Lipinski definition) is 1. The fraction of sp³-hybridized carbons (Fsp3) is 0.571. The van der Waals surface area contributed by atoms with Crippen molar-refractivity contribution >= 4 is 0 Å². The number of hydrogen-bond acceptors (Lipinski definition) is 0. The molecule has 1 nitrogen and oxygen atoms in total. The molecule has 0 saturated heterocycles. The first-order valence-corrected chi connectivity index (χ1v) is 5.76. The molecule has 0 aliphatic heterocycles. The summed E-state index contributed by atoms with van der Waals surface area (Å²) in [5.41, 5.74) is 7.18. The minimum absolute atomic E-state index is 0.243. The highest BCUT2D eigenvalue weighted by Gasteiger charge is 2.16. The number of benzene rings is 1. The second-order valence-corrected chi connectivity index (χ2v) is 5.72. The molecule has 3 N–H and O–H groups in total. The fourth-order valence-electron chi connectivity index (χ4n) is 1.62. The molecule has 0 fully saturated rings. The highest BCUT2D eigenvalue weighted by atomic mass is 14.6. The average Bonchev–Trinajstić information content (AvgIpc) is 2.15. The first-order valence-electron chi connectivity index (χ1n) is 5.76. The maximum atomic E-state index is 4.20. The summed E-state index contributed by atoms with van der Waals surface area (Å²) in [6, 6.07) is 9.31. The van der Waals surface area contributed by atoms with Gasteiger partial charge in [-0.1, -0.05) is 58.9 Å². The van der Waals surface area contributed by atoms with Gasteiger partial charge in [-0.05, 0) is 11.0 Å². The van der Waals surface area contributed by atoms with Crippen molar-refractivity contribution in [2.75, 3.05) is 0 Å². The average molecular weight is 206 g/mol. The van der Waals surface area contributed by atoms with E-state index >= 15 is 0 Å². The Morgan fingerprint density at radius 2 is 1.47 bits per heavy atom. The van der Waals surface area contributed by atoms with Gasteiger partial charge in [0.1, 0.15) is 6.04 Å². The van der Waals surface area contributed by atoms with E-state index in [-0.39, 0.29) is 5.41 Å². The first kappa shape index (κ1) is 12.3. The molecule has 0 saturated carbocycles. The van der Waals surface area contributed by atoms with Crippen molar-refractivity contribution in [2.24, 2.45) is 5.92 Å². The van der Waals surface area contributed by atoms with E-state index < -0.39 is 0 Å². The second-order valence-electron chi connectivity index (χ2n) is 5.72. The Hall–Kier alpha value is -0.820. The Morgan fingerprint density at radius 1 is 1.00 bits per heavy atom. The number of quaternary nitrogens is 1. The molecule has 1 aromatic rings. The Labute approximate surface area is 93.7 Å². The molecule has 0 spiro atoms. The molecule has 0 amide bonds. The Balaban J connectivity index is 2.91. The summed E-state index contributed by atoms with van der Waals surface area (Å²) in [7, 11) is 0. The van der Waals surface area contributed by atoms with Crippen molar-refractivity contribution in [1.82, 2.24) is 0 Å². The van der Waals surface area contributed by atoms with Crippen molar-refractivity contribution in [3.63, 3.8) is 0 Å². The zero-order valence-electron chi connectivity index (χ0n) is 10.7. The van der Waals surface area contributed by atoms with Crippen molar-refractivity contribution < 1.29 is 5.73 Å². The molecule has 0 radical (unpaired) electrons. The van der Waals surface area contributed by atoms with E-state index in [1.807, 2.05) is 0 Å². The van der Waals surface area contributed by atoms with E-state index in [2.05, 4.69) is 64.6 Å². The molecule has 0 heterocycles. The zero-order chi connectivity index (χ0) is 11.6. The molecule has 0 aliphatic rings. The van der Waals surface area contributed by atoms with Gasteiger partial charge >= 0.3 is 0 Å². The molecule has 1 atom stereocenters. The predicted octanol–water partition coefficient (Wildman–Crippen LogP) is 2.92. The van der Waals surface area contributed by atoms with Crippen molar-refractivity contribution in [2.45, 2.75) is 46.1 Å². The lowest BCUT2D eigenvalue weighted by Gasteiger charge is -2.20. The van der Waals surface area contributed by atoms with Crippen LogP contribution in [0.2, 0.25) is 0 Å². The standard InChI is InChI=1S/C14H23N/c1-10(2)13(15)11-6-8-12(9-7-11)14(3,4)5/h6-10,13H,15H2,1-5H3/p+1/t13-/m1/s1. The van der Waals surface area contributed by atoms with Gasteiger partial charge < -0.3 is 5.73 Å². The van der Waals surface area contributed by atoms with E-state index in [1.54, 1.807) is 0 Å². The summed E-state index contributed by atoms with van der Waals surface area (Å²) >= 11 is 0. The number of rotatable bonds is 2. The molecule has 15 heavy (non-hydrogen) atoms. The molecular weight excluding hydrogens is 182 g/mol. The van der Waals surface area contributed by atoms with Crippen LogP contribution in [0.25, 0.3) is 0 Å². The Morgan fingerprint density at radius 3 is 1.80 bits per heavy atom. The van der Waals surface area contributed by atoms with Gasteiger partial charge in [0.15, 0.2) is 0 Å². The summed E-state index contributed by atoms with van der Waals surface area (Å²) in [5, 5.41) is 0. The van der Waals surface area contributed by atoms with Crippen LogP contribution in [-0.2, 0) is 5.41 Å². The van der Waals surface area contributed by atoms with E-state index in [0.29, 0.717) is 12.0 Å². The van der Waals surface area contributed by atoms with Crippen LogP contribution in [0.15, 0.2) is 24.3 Å². The SMILES string of the molecule is CC(C)[C@@H]([NH3+])c1ccc(C(C)(C)C)cc1. The van der Waals surface area contributed by atoms with Gasteiger partial charge in [0.05, 0.1) is 0 Å². The lowest BCUT2D eigenvalue weighted by molar-refractivity contribution is -0.438. The third kappa shape index (κ3) is 3.07. The third-order valence-electron chi connectivity index (χ3n) is 3.01. The van der Waals surface area contributed by atoms with Gasteiger partial charge in [0, 0.05) is 11.5 Å². The lowest BCUT2D eigenvalue weighted by Crippen LogP contribution is -2.55. The molecule has 1 aromatic carbocycles. The molecule has 84 valence electrons. The van der Waals surface area contributed by atoms with Crippen LogP contribution in [0.5, 0.6) is 0 Å². The Bertz CT molecular complexity index is 303. The zero-order valence-corrected chi connectivity index (χ0v) is 10.7. The molecule has 1 heteroatoms. The molecule has 0 unspecified atom stereocenters. The van der Waals surface area contributed by atoms with Crippen LogP contribution in [0.1, 0.15) is 51.8 Å². The van der Waals surface area contributed by atoms with Gasteiger partial charge in [0.25, 0.3) is 0 Å². The highest BCUT2D eigenvalue weighted by Crippen LogP contribution is 2.24. The van der Waals surface area contributed by atoms with E-state index in [9.17, 15) is 0 Å². The minimum Gasteiger partial charge on any atom is -0.351 e. The largest absolute Gasteiger partial charge is 0.351 e. The topological polar surface area (TPSA) is 27.6 Å². The Kier molecular flexibility index (Phi) is 3.56. The van der Waals surface area contributed by atoms with E-state index in [0.717, 1.165) is 0 Å². The second kappa shape index (κ2) is 4.36. The smallest absolute Gasteiger partial charge is 0.112 e. The molecule has 1 rings (SSSR count). The van der Waals surface area contributed by atoms with Crippen LogP contribution in [0.4, 0.5) is 0 Å². The fourth-order valence-corrected chi connectivity index (χ4v) is 1.62. The quantitative estimate of drug-likeness (QED) is 0.770. The van der Waals surface area contributed by atoms with E-state index in [4.69, 9.17) is 0 Å². The van der Waals surface area contributed by atoms with Crippen LogP contribution < -0.4 is 5.73 Å².